The van der Waals surface area contributed by atoms with Crippen molar-refractivity contribution in [3.05, 3.63) is 29.8 Å². The molecule has 1 aliphatic heterocycles. The Hall–Kier alpha value is -1.88. The highest BCUT2D eigenvalue weighted by Gasteiger charge is 2.34. The third kappa shape index (κ3) is 4.55. The fraction of sp³-hybridized carbons (Fsp3) is 0.556. The van der Waals surface area contributed by atoms with Gasteiger partial charge in [0.15, 0.2) is 0 Å². The summed E-state index contributed by atoms with van der Waals surface area (Å²) >= 11 is 0. The molecule has 1 saturated heterocycles. The number of carbonyl (C=O) groups is 2. The predicted octanol–water partition coefficient (Wildman–Crippen LogP) is 2.81. The van der Waals surface area contributed by atoms with Gasteiger partial charge < -0.3 is 15.0 Å². The highest BCUT2D eigenvalue weighted by atomic mass is 16.5. The highest BCUT2D eigenvalue weighted by Crippen LogP contribution is 2.21. The smallest absolute Gasteiger partial charge is 0.247 e. The maximum absolute atomic E-state index is 12.6. The molecule has 0 saturated carbocycles. The monoisotopic (exact) mass is 318 g/mol. The molecular formula is C18H26N2O3. The van der Waals surface area contributed by atoms with Gasteiger partial charge in [-0.2, -0.15) is 0 Å². The largest absolute Gasteiger partial charge is 0.377 e. The number of hydrogen-bond donors (Lipinski definition) is 1. The number of anilines is 1. The van der Waals surface area contributed by atoms with Crippen LogP contribution in [0.15, 0.2) is 24.3 Å². The van der Waals surface area contributed by atoms with Gasteiger partial charge in [0.2, 0.25) is 11.8 Å². The Labute approximate surface area is 138 Å². The zero-order valence-corrected chi connectivity index (χ0v) is 14.2. The summed E-state index contributed by atoms with van der Waals surface area (Å²) < 4.78 is 5.36. The van der Waals surface area contributed by atoms with Gasteiger partial charge in [0.1, 0.15) is 6.04 Å². The van der Waals surface area contributed by atoms with Gasteiger partial charge in [0, 0.05) is 25.3 Å². The Morgan fingerprint density at radius 3 is 2.52 bits per heavy atom. The van der Waals surface area contributed by atoms with Crippen LogP contribution in [0.4, 0.5) is 5.69 Å². The molecule has 0 radical (unpaired) electrons. The van der Waals surface area contributed by atoms with Gasteiger partial charge in [-0.1, -0.05) is 26.0 Å². The molecule has 0 aromatic heterocycles. The van der Waals surface area contributed by atoms with Gasteiger partial charge in [0.25, 0.3) is 0 Å². The SMILES string of the molecule is CCOCc1ccc(NC(=O)C(C(C)C)N2CCCC2=O)cc1. The topological polar surface area (TPSA) is 58.6 Å². The van der Waals surface area contributed by atoms with Crippen LogP contribution in [0.3, 0.4) is 0 Å². The van der Waals surface area contributed by atoms with Crippen LogP contribution in [-0.4, -0.2) is 35.9 Å². The average Bonchev–Trinajstić information content (AvgIpc) is 2.92. The average molecular weight is 318 g/mol. The Bertz CT molecular complexity index is 540. The predicted molar refractivity (Wildman–Crippen MR) is 90.0 cm³/mol. The van der Waals surface area contributed by atoms with Crippen LogP contribution in [0.25, 0.3) is 0 Å². The number of likely N-dealkylation sites (tertiary alicyclic amines) is 1. The van der Waals surface area contributed by atoms with Crippen LogP contribution in [0, 0.1) is 5.92 Å². The molecule has 0 aliphatic carbocycles. The van der Waals surface area contributed by atoms with Crippen LogP contribution in [-0.2, 0) is 20.9 Å². The molecule has 2 amide bonds. The van der Waals surface area contributed by atoms with E-state index in [4.69, 9.17) is 4.74 Å². The third-order valence-electron chi connectivity index (χ3n) is 4.04. The molecule has 1 aromatic rings. The highest BCUT2D eigenvalue weighted by molar-refractivity contribution is 5.97. The van der Waals surface area contributed by atoms with Crippen LogP contribution in [0.1, 0.15) is 39.2 Å². The van der Waals surface area contributed by atoms with Crippen molar-refractivity contribution < 1.29 is 14.3 Å². The van der Waals surface area contributed by atoms with Crippen molar-refractivity contribution in [2.75, 3.05) is 18.5 Å². The van der Waals surface area contributed by atoms with E-state index >= 15 is 0 Å². The van der Waals surface area contributed by atoms with Crippen molar-refractivity contribution in [3.63, 3.8) is 0 Å². The van der Waals surface area contributed by atoms with Crippen molar-refractivity contribution in [3.8, 4) is 0 Å². The van der Waals surface area contributed by atoms with Crippen LogP contribution < -0.4 is 5.32 Å². The number of benzene rings is 1. The molecule has 1 fully saturated rings. The van der Waals surface area contributed by atoms with E-state index in [1.165, 1.54) is 0 Å². The van der Waals surface area contributed by atoms with Gasteiger partial charge in [-0.25, -0.2) is 0 Å². The fourth-order valence-electron chi connectivity index (χ4n) is 2.89. The Morgan fingerprint density at radius 2 is 2.00 bits per heavy atom. The van der Waals surface area contributed by atoms with E-state index in [9.17, 15) is 9.59 Å². The van der Waals surface area contributed by atoms with Crippen molar-refractivity contribution in [2.24, 2.45) is 5.92 Å². The lowest BCUT2D eigenvalue weighted by Crippen LogP contribution is -2.47. The zero-order chi connectivity index (χ0) is 16.8. The summed E-state index contributed by atoms with van der Waals surface area (Å²) in [5.74, 6) is 0.0352. The molecule has 1 N–H and O–H groups in total. The summed E-state index contributed by atoms with van der Waals surface area (Å²) in [5.41, 5.74) is 1.81. The molecule has 23 heavy (non-hydrogen) atoms. The summed E-state index contributed by atoms with van der Waals surface area (Å²) in [4.78, 5) is 26.3. The Kier molecular flexibility index (Phi) is 6.16. The van der Waals surface area contributed by atoms with Gasteiger partial charge in [-0.15, -0.1) is 0 Å². The maximum atomic E-state index is 12.6. The summed E-state index contributed by atoms with van der Waals surface area (Å²) in [6.07, 6.45) is 1.38. The molecule has 1 unspecified atom stereocenters. The molecule has 5 heteroatoms. The number of carbonyl (C=O) groups excluding carboxylic acids is 2. The molecule has 5 nitrogen and oxygen atoms in total. The molecule has 0 spiro atoms. The lowest BCUT2D eigenvalue weighted by atomic mass is 10.0. The van der Waals surface area contributed by atoms with Gasteiger partial charge in [-0.05, 0) is 37.0 Å². The number of nitrogens with zero attached hydrogens (tertiary/aromatic N) is 1. The summed E-state index contributed by atoms with van der Waals surface area (Å²) in [6, 6.07) is 7.21. The quantitative estimate of drug-likeness (QED) is 0.841. The molecule has 1 aliphatic rings. The number of nitrogens with one attached hydrogen (secondary N) is 1. The normalized spacial score (nSPS) is 16.0. The van der Waals surface area contributed by atoms with E-state index in [2.05, 4.69) is 5.32 Å². The molecular weight excluding hydrogens is 292 g/mol. The Balaban J connectivity index is 2.02. The van der Waals surface area contributed by atoms with Crippen LogP contribution in [0.2, 0.25) is 0 Å². The number of hydrogen-bond acceptors (Lipinski definition) is 3. The minimum absolute atomic E-state index is 0.0749. The number of amides is 2. The molecule has 126 valence electrons. The van der Waals surface area contributed by atoms with E-state index in [0.717, 1.165) is 17.7 Å². The van der Waals surface area contributed by atoms with E-state index in [1.807, 2.05) is 45.0 Å². The summed E-state index contributed by atoms with van der Waals surface area (Å²) in [6.45, 7) is 7.82. The van der Waals surface area contributed by atoms with E-state index in [1.54, 1.807) is 4.90 Å². The lowest BCUT2D eigenvalue weighted by Gasteiger charge is -2.29. The molecule has 1 heterocycles. The minimum atomic E-state index is -0.409. The number of ether oxygens (including phenoxy) is 1. The molecule has 2 rings (SSSR count). The maximum Gasteiger partial charge on any atom is 0.247 e. The lowest BCUT2D eigenvalue weighted by molar-refractivity contribution is -0.136. The summed E-state index contributed by atoms with van der Waals surface area (Å²) in [7, 11) is 0. The molecule has 1 aromatic carbocycles. The second-order valence-corrected chi connectivity index (χ2v) is 6.20. The van der Waals surface area contributed by atoms with Gasteiger partial charge >= 0.3 is 0 Å². The standard InChI is InChI=1S/C18H26N2O3/c1-4-23-12-14-7-9-15(10-8-14)19-18(22)17(13(2)3)20-11-5-6-16(20)21/h7-10,13,17H,4-6,11-12H2,1-3H3,(H,19,22). The zero-order valence-electron chi connectivity index (χ0n) is 14.2. The first-order chi connectivity index (χ1) is 11.0. The first-order valence-corrected chi connectivity index (χ1v) is 8.30. The van der Waals surface area contributed by atoms with Gasteiger partial charge in [0.05, 0.1) is 6.61 Å². The second kappa shape index (κ2) is 8.11. The van der Waals surface area contributed by atoms with Crippen LogP contribution >= 0.6 is 0 Å². The first kappa shape index (κ1) is 17.5. The van der Waals surface area contributed by atoms with Crippen molar-refractivity contribution >= 4 is 17.5 Å². The summed E-state index contributed by atoms with van der Waals surface area (Å²) in [5, 5.41) is 2.93. The van der Waals surface area contributed by atoms with E-state index in [0.29, 0.717) is 26.2 Å². The van der Waals surface area contributed by atoms with Crippen molar-refractivity contribution in [1.29, 1.82) is 0 Å². The molecule has 0 bridgehead atoms. The second-order valence-electron chi connectivity index (χ2n) is 6.20. The minimum Gasteiger partial charge on any atom is -0.377 e. The third-order valence-corrected chi connectivity index (χ3v) is 4.04. The number of rotatable bonds is 7. The fourth-order valence-corrected chi connectivity index (χ4v) is 2.89. The van der Waals surface area contributed by atoms with Crippen molar-refractivity contribution in [1.82, 2.24) is 4.90 Å². The van der Waals surface area contributed by atoms with Gasteiger partial charge in [-0.3, -0.25) is 9.59 Å². The first-order valence-electron chi connectivity index (χ1n) is 8.30. The van der Waals surface area contributed by atoms with Crippen LogP contribution in [0.5, 0.6) is 0 Å². The van der Waals surface area contributed by atoms with E-state index in [-0.39, 0.29) is 17.7 Å². The molecule has 1 atom stereocenters. The van der Waals surface area contributed by atoms with E-state index < -0.39 is 6.04 Å². The van der Waals surface area contributed by atoms with Crippen molar-refractivity contribution in [2.45, 2.75) is 46.3 Å². The Morgan fingerprint density at radius 1 is 1.30 bits per heavy atom.